The Kier molecular flexibility index (Phi) is 4.45. The van der Waals surface area contributed by atoms with Crippen molar-refractivity contribution >= 4 is 17.3 Å². The molecule has 0 heterocycles. The Morgan fingerprint density at radius 3 is 2.57 bits per heavy atom. The van der Waals surface area contributed by atoms with Gasteiger partial charge in [0.2, 0.25) is 0 Å². The maximum Gasteiger partial charge on any atom is 0.292 e. The van der Waals surface area contributed by atoms with Gasteiger partial charge < -0.3 is 10.6 Å². The fourth-order valence-electron chi connectivity index (χ4n) is 2.86. The van der Waals surface area contributed by atoms with Crippen molar-refractivity contribution in [2.24, 2.45) is 11.8 Å². The number of hydrogen-bond acceptors (Lipinski definition) is 4. The van der Waals surface area contributed by atoms with Crippen LogP contribution in [0.2, 0.25) is 0 Å². The second-order valence-electron chi connectivity index (χ2n) is 5.73. The second-order valence-corrected chi connectivity index (χ2v) is 5.73. The summed E-state index contributed by atoms with van der Waals surface area (Å²) in [7, 11) is 1.54. The highest BCUT2D eigenvalue weighted by molar-refractivity contribution is 5.95. The highest BCUT2D eigenvalue weighted by atomic mass is 16.6. The predicted octanol–water partition coefficient (Wildman–Crippen LogP) is 2.80. The van der Waals surface area contributed by atoms with Gasteiger partial charge in [-0.25, -0.2) is 0 Å². The van der Waals surface area contributed by atoms with E-state index < -0.39 is 4.92 Å². The standard InChI is InChI=1S/C15H21N3O3/c1-9-4-6-12(10(9)2)17-13-8-11(15(19)16-3)5-7-14(13)18(20)21/h5,7-10,12,17H,4,6H2,1-3H3,(H,16,19). The van der Waals surface area contributed by atoms with Crippen molar-refractivity contribution in [1.29, 1.82) is 0 Å². The smallest absolute Gasteiger partial charge is 0.292 e. The lowest BCUT2D eigenvalue weighted by Gasteiger charge is -2.21. The topological polar surface area (TPSA) is 84.3 Å². The van der Waals surface area contributed by atoms with Crippen LogP contribution in [0.4, 0.5) is 11.4 Å². The van der Waals surface area contributed by atoms with Crippen LogP contribution in [0.5, 0.6) is 0 Å². The number of anilines is 1. The third-order valence-electron chi connectivity index (χ3n) is 4.49. The van der Waals surface area contributed by atoms with Crippen molar-refractivity contribution in [3.63, 3.8) is 0 Å². The molecule has 0 radical (unpaired) electrons. The van der Waals surface area contributed by atoms with Crippen LogP contribution in [-0.2, 0) is 0 Å². The summed E-state index contributed by atoms with van der Waals surface area (Å²) in [5.74, 6) is 0.803. The van der Waals surface area contributed by atoms with Crippen molar-refractivity contribution in [3.05, 3.63) is 33.9 Å². The van der Waals surface area contributed by atoms with Crippen molar-refractivity contribution in [3.8, 4) is 0 Å². The van der Waals surface area contributed by atoms with E-state index in [0.29, 0.717) is 23.1 Å². The number of nitrogens with one attached hydrogen (secondary N) is 2. The van der Waals surface area contributed by atoms with E-state index >= 15 is 0 Å². The lowest BCUT2D eigenvalue weighted by atomic mass is 9.97. The monoisotopic (exact) mass is 291 g/mol. The van der Waals surface area contributed by atoms with Gasteiger partial charge in [0.15, 0.2) is 0 Å². The fourth-order valence-corrected chi connectivity index (χ4v) is 2.86. The minimum absolute atomic E-state index is 0.00871. The molecule has 1 aliphatic carbocycles. The first-order chi connectivity index (χ1) is 9.93. The number of nitro benzene ring substituents is 1. The summed E-state index contributed by atoms with van der Waals surface area (Å²) in [4.78, 5) is 22.4. The molecular weight excluding hydrogens is 270 g/mol. The van der Waals surface area contributed by atoms with Gasteiger partial charge in [0.25, 0.3) is 11.6 Å². The van der Waals surface area contributed by atoms with Gasteiger partial charge in [0.05, 0.1) is 4.92 Å². The molecule has 21 heavy (non-hydrogen) atoms. The number of nitrogens with zero attached hydrogens (tertiary/aromatic N) is 1. The first-order valence-corrected chi connectivity index (χ1v) is 7.21. The molecule has 1 aliphatic rings. The lowest BCUT2D eigenvalue weighted by molar-refractivity contribution is -0.384. The van der Waals surface area contributed by atoms with Crippen LogP contribution in [-0.4, -0.2) is 23.9 Å². The van der Waals surface area contributed by atoms with Crippen LogP contribution < -0.4 is 10.6 Å². The van der Waals surface area contributed by atoms with Gasteiger partial charge in [0.1, 0.15) is 5.69 Å². The first-order valence-electron chi connectivity index (χ1n) is 7.21. The third kappa shape index (κ3) is 3.15. The van der Waals surface area contributed by atoms with E-state index in [2.05, 4.69) is 24.5 Å². The first kappa shape index (κ1) is 15.3. The number of hydrogen-bond donors (Lipinski definition) is 2. The van der Waals surface area contributed by atoms with Gasteiger partial charge in [-0.05, 0) is 36.8 Å². The molecule has 1 fully saturated rings. The van der Waals surface area contributed by atoms with E-state index in [1.165, 1.54) is 19.2 Å². The lowest BCUT2D eigenvalue weighted by Crippen LogP contribution is -2.25. The van der Waals surface area contributed by atoms with Crippen LogP contribution in [0.3, 0.4) is 0 Å². The van der Waals surface area contributed by atoms with Gasteiger partial charge >= 0.3 is 0 Å². The molecular formula is C15H21N3O3. The van der Waals surface area contributed by atoms with E-state index in [9.17, 15) is 14.9 Å². The summed E-state index contributed by atoms with van der Waals surface area (Å²) in [6.45, 7) is 4.35. The SMILES string of the molecule is CNC(=O)c1ccc([N+](=O)[O-])c(NC2CCC(C)C2C)c1. The molecule has 6 nitrogen and oxygen atoms in total. The molecule has 6 heteroatoms. The second kappa shape index (κ2) is 6.11. The van der Waals surface area contributed by atoms with Gasteiger partial charge in [0, 0.05) is 24.7 Å². The number of benzene rings is 1. The highest BCUT2D eigenvalue weighted by Crippen LogP contribution is 2.35. The Morgan fingerprint density at radius 2 is 2.05 bits per heavy atom. The normalized spacial score (nSPS) is 24.6. The van der Waals surface area contributed by atoms with Crippen LogP contribution >= 0.6 is 0 Å². The molecule has 0 bridgehead atoms. The Morgan fingerprint density at radius 1 is 1.33 bits per heavy atom. The molecule has 1 amide bonds. The highest BCUT2D eigenvalue weighted by Gasteiger charge is 2.31. The Labute approximate surface area is 124 Å². The maximum absolute atomic E-state index is 11.7. The average molecular weight is 291 g/mol. The zero-order valence-electron chi connectivity index (χ0n) is 12.6. The summed E-state index contributed by atoms with van der Waals surface area (Å²) in [6.07, 6.45) is 2.10. The van der Waals surface area contributed by atoms with E-state index in [4.69, 9.17) is 0 Å². The summed E-state index contributed by atoms with van der Waals surface area (Å²) in [5.41, 5.74) is 0.853. The van der Waals surface area contributed by atoms with Crippen molar-refractivity contribution in [1.82, 2.24) is 5.32 Å². The molecule has 0 aromatic heterocycles. The number of carbonyl (C=O) groups excluding carboxylic acids is 1. The van der Waals surface area contributed by atoms with E-state index in [1.807, 2.05) is 0 Å². The summed E-state index contributed by atoms with van der Waals surface area (Å²) < 4.78 is 0. The summed E-state index contributed by atoms with van der Waals surface area (Å²) >= 11 is 0. The Hall–Kier alpha value is -2.11. The summed E-state index contributed by atoms with van der Waals surface area (Å²) in [6, 6.07) is 4.63. The van der Waals surface area contributed by atoms with Gasteiger partial charge in [-0.2, -0.15) is 0 Å². The molecule has 2 rings (SSSR count). The molecule has 114 valence electrons. The molecule has 0 saturated heterocycles. The van der Waals surface area contributed by atoms with Crippen LogP contribution in [0, 0.1) is 22.0 Å². The third-order valence-corrected chi connectivity index (χ3v) is 4.49. The van der Waals surface area contributed by atoms with Crippen molar-refractivity contribution in [2.75, 3.05) is 12.4 Å². The number of carbonyl (C=O) groups is 1. The van der Waals surface area contributed by atoms with Gasteiger partial charge in [-0.3, -0.25) is 14.9 Å². The molecule has 1 saturated carbocycles. The van der Waals surface area contributed by atoms with Crippen LogP contribution in [0.1, 0.15) is 37.0 Å². The minimum Gasteiger partial charge on any atom is -0.376 e. The molecule has 3 unspecified atom stereocenters. The molecule has 3 atom stereocenters. The van der Waals surface area contributed by atoms with E-state index in [1.54, 1.807) is 6.07 Å². The maximum atomic E-state index is 11.7. The molecule has 1 aromatic rings. The Balaban J connectivity index is 2.30. The predicted molar refractivity (Wildman–Crippen MR) is 81.5 cm³/mol. The average Bonchev–Trinajstić information content (AvgIpc) is 2.78. The molecule has 2 N–H and O–H groups in total. The quantitative estimate of drug-likeness (QED) is 0.660. The van der Waals surface area contributed by atoms with Crippen LogP contribution in [0.15, 0.2) is 18.2 Å². The van der Waals surface area contributed by atoms with Crippen molar-refractivity contribution in [2.45, 2.75) is 32.7 Å². The number of nitro groups is 1. The van der Waals surface area contributed by atoms with Crippen molar-refractivity contribution < 1.29 is 9.72 Å². The molecule has 0 spiro atoms. The molecule has 1 aromatic carbocycles. The minimum atomic E-state index is -0.418. The molecule has 0 aliphatic heterocycles. The zero-order chi connectivity index (χ0) is 15.6. The van der Waals surface area contributed by atoms with E-state index in [-0.39, 0.29) is 17.6 Å². The van der Waals surface area contributed by atoms with Gasteiger partial charge in [-0.15, -0.1) is 0 Å². The number of rotatable bonds is 4. The summed E-state index contributed by atoms with van der Waals surface area (Å²) in [5, 5.41) is 17.0. The number of amides is 1. The van der Waals surface area contributed by atoms with E-state index in [0.717, 1.165) is 12.8 Å². The Bertz CT molecular complexity index is 559. The largest absolute Gasteiger partial charge is 0.376 e. The van der Waals surface area contributed by atoms with Crippen LogP contribution in [0.25, 0.3) is 0 Å². The zero-order valence-corrected chi connectivity index (χ0v) is 12.6. The fraction of sp³-hybridized carbons (Fsp3) is 0.533. The van der Waals surface area contributed by atoms with Gasteiger partial charge in [-0.1, -0.05) is 13.8 Å².